The molecule has 0 aliphatic carbocycles. The Hall–Kier alpha value is -0.160. The van der Waals surface area contributed by atoms with Crippen LogP contribution in [0.1, 0.15) is 27.7 Å². The van der Waals surface area contributed by atoms with E-state index >= 15 is 0 Å². The molecule has 0 aromatic rings. The molecule has 1 N–H and O–H groups in total. The summed E-state index contributed by atoms with van der Waals surface area (Å²) in [5.74, 6) is 0. The summed E-state index contributed by atoms with van der Waals surface area (Å²) in [6.07, 6.45) is -1.57. The van der Waals surface area contributed by atoms with E-state index in [2.05, 4.69) is 0 Å². The van der Waals surface area contributed by atoms with Gasteiger partial charge in [-0.25, -0.2) is 0 Å². The fourth-order valence-electron chi connectivity index (χ4n) is 0.853. The van der Waals surface area contributed by atoms with Crippen molar-refractivity contribution in [1.82, 2.24) is 0 Å². The highest BCUT2D eigenvalue weighted by molar-refractivity contribution is 4.36. The van der Waals surface area contributed by atoms with Crippen molar-refractivity contribution in [2.45, 2.75) is 46.6 Å². The molecule has 0 aliphatic rings. The van der Waals surface area contributed by atoms with E-state index in [9.17, 15) is 0 Å². The van der Waals surface area contributed by atoms with Crippen LogP contribution in [0.15, 0.2) is 0 Å². The molecule has 12 heavy (non-hydrogen) atoms. The first-order chi connectivity index (χ1) is 5.56. The predicted molar refractivity (Wildman–Crippen MR) is 44.4 cm³/mol. The SMILES string of the molecule is CCOC(C)OC(C)OC(C)O. The summed E-state index contributed by atoms with van der Waals surface area (Å²) in [4.78, 5) is 0. The normalized spacial score (nSPS) is 18.8. The van der Waals surface area contributed by atoms with Crippen LogP contribution in [-0.2, 0) is 14.2 Å². The van der Waals surface area contributed by atoms with Crippen molar-refractivity contribution in [1.29, 1.82) is 0 Å². The lowest BCUT2D eigenvalue weighted by Crippen LogP contribution is -2.25. The standard InChI is InChI=1S/C8H18O4/c1-5-10-7(3)12-8(4)11-6(2)9/h6-9H,5H2,1-4H3. The molecule has 0 heterocycles. The number of aliphatic hydroxyl groups is 1. The van der Waals surface area contributed by atoms with Crippen molar-refractivity contribution in [3.63, 3.8) is 0 Å². The van der Waals surface area contributed by atoms with E-state index in [-0.39, 0.29) is 6.29 Å². The molecule has 0 aromatic carbocycles. The molecule has 0 radical (unpaired) electrons. The molecule has 0 saturated carbocycles. The second kappa shape index (κ2) is 6.37. The van der Waals surface area contributed by atoms with Gasteiger partial charge in [0, 0.05) is 6.61 Å². The monoisotopic (exact) mass is 178 g/mol. The van der Waals surface area contributed by atoms with E-state index in [4.69, 9.17) is 19.3 Å². The molecule has 0 saturated heterocycles. The van der Waals surface area contributed by atoms with Crippen molar-refractivity contribution in [2.24, 2.45) is 0 Å². The van der Waals surface area contributed by atoms with Crippen molar-refractivity contribution in [3.8, 4) is 0 Å². The van der Waals surface area contributed by atoms with Gasteiger partial charge in [0.15, 0.2) is 18.9 Å². The van der Waals surface area contributed by atoms with Gasteiger partial charge in [-0.1, -0.05) is 0 Å². The number of rotatable bonds is 6. The third-order valence-electron chi connectivity index (χ3n) is 1.17. The Kier molecular flexibility index (Phi) is 6.28. The van der Waals surface area contributed by atoms with Gasteiger partial charge in [0.1, 0.15) is 0 Å². The summed E-state index contributed by atoms with van der Waals surface area (Å²) in [6.45, 7) is 7.52. The molecule has 0 aromatic heterocycles. The first-order valence-electron chi connectivity index (χ1n) is 4.16. The fourth-order valence-corrected chi connectivity index (χ4v) is 0.853. The Balaban J connectivity index is 3.46. The Morgan fingerprint density at radius 2 is 1.67 bits per heavy atom. The lowest BCUT2D eigenvalue weighted by atomic mass is 10.6. The molecule has 0 amide bonds. The van der Waals surface area contributed by atoms with Crippen LogP contribution >= 0.6 is 0 Å². The van der Waals surface area contributed by atoms with Crippen LogP contribution < -0.4 is 0 Å². The Labute approximate surface area is 73.4 Å². The quantitative estimate of drug-likeness (QED) is 0.618. The molecule has 0 rings (SSSR count). The van der Waals surface area contributed by atoms with Gasteiger partial charge < -0.3 is 19.3 Å². The topological polar surface area (TPSA) is 47.9 Å². The minimum atomic E-state index is -0.811. The lowest BCUT2D eigenvalue weighted by molar-refractivity contribution is -0.269. The largest absolute Gasteiger partial charge is 0.368 e. The number of hydrogen-bond donors (Lipinski definition) is 1. The molecule has 0 bridgehead atoms. The van der Waals surface area contributed by atoms with Crippen LogP contribution in [0.25, 0.3) is 0 Å². The maximum atomic E-state index is 8.82. The second-order valence-corrected chi connectivity index (χ2v) is 2.46. The Bertz CT molecular complexity index is 105. The van der Waals surface area contributed by atoms with Crippen LogP contribution in [0.3, 0.4) is 0 Å². The molecule has 0 spiro atoms. The van der Waals surface area contributed by atoms with Gasteiger partial charge in [-0.05, 0) is 27.7 Å². The van der Waals surface area contributed by atoms with E-state index in [1.165, 1.54) is 6.92 Å². The number of ether oxygens (including phenoxy) is 3. The first kappa shape index (κ1) is 11.8. The molecule has 0 aliphatic heterocycles. The van der Waals surface area contributed by atoms with E-state index in [0.717, 1.165) is 0 Å². The maximum Gasteiger partial charge on any atom is 0.161 e. The molecular formula is C8H18O4. The highest BCUT2D eigenvalue weighted by atomic mass is 16.8. The number of hydrogen-bond acceptors (Lipinski definition) is 4. The van der Waals surface area contributed by atoms with Gasteiger partial charge in [0.2, 0.25) is 0 Å². The van der Waals surface area contributed by atoms with Gasteiger partial charge in [-0.2, -0.15) is 0 Å². The van der Waals surface area contributed by atoms with Crippen molar-refractivity contribution >= 4 is 0 Å². The van der Waals surface area contributed by atoms with Crippen molar-refractivity contribution < 1.29 is 19.3 Å². The van der Waals surface area contributed by atoms with Crippen LogP contribution in [0.2, 0.25) is 0 Å². The first-order valence-corrected chi connectivity index (χ1v) is 4.16. The highest BCUT2D eigenvalue weighted by Gasteiger charge is 2.09. The lowest BCUT2D eigenvalue weighted by Gasteiger charge is -2.20. The van der Waals surface area contributed by atoms with Crippen LogP contribution in [-0.4, -0.2) is 30.6 Å². The summed E-state index contributed by atoms with van der Waals surface area (Å²) >= 11 is 0. The minimum Gasteiger partial charge on any atom is -0.368 e. The van der Waals surface area contributed by atoms with Crippen LogP contribution in [0, 0.1) is 0 Å². The maximum absolute atomic E-state index is 8.82. The van der Waals surface area contributed by atoms with E-state index < -0.39 is 12.6 Å². The van der Waals surface area contributed by atoms with Crippen molar-refractivity contribution in [3.05, 3.63) is 0 Å². The minimum absolute atomic E-state index is 0.302. The van der Waals surface area contributed by atoms with Gasteiger partial charge in [-0.15, -0.1) is 0 Å². The Morgan fingerprint density at radius 3 is 2.08 bits per heavy atom. The average molecular weight is 178 g/mol. The molecule has 4 heteroatoms. The summed E-state index contributed by atoms with van der Waals surface area (Å²) in [7, 11) is 0. The smallest absolute Gasteiger partial charge is 0.161 e. The van der Waals surface area contributed by atoms with Gasteiger partial charge >= 0.3 is 0 Å². The molecule has 3 atom stereocenters. The third kappa shape index (κ3) is 6.54. The zero-order valence-corrected chi connectivity index (χ0v) is 8.11. The fraction of sp³-hybridized carbons (Fsp3) is 1.00. The summed E-state index contributed by atoms with van der Waals surface area (Å²) < 4.78 is 15.2. The summed E-state index contributed by atoms with van der Waals surface area (Å²) in [5.41, 5.74) is 0. The molecular weight excluding hydrogens is 160 g/mol. The van der Waals surface area contributed by atoms with E-state index in [0.29, 0.717) is 6.61 Å². The predicted octanol–water partition coefficient (Wildman–Crippen LogP) is 1.09. The van der Waals surface area contributed by atoms with E-state index in [1.54, 1.807) is 13.8 Å². The average Bonchev–Trinajstić information content (AvgIpc) is 1.84. The summed E-state index contributed by atoms with van der Waals surface area (Å²) in [5, 5.41) is 8.82. The molecule has 74 valence electrons. The molecule has 4 nitrogen and oxygen atoms in total. The third-order valence-corrected chi connectivity index (χ3v) is 1.17. The van der Waals surface area contributed by atoms with Crippen LogP contribution in [0.4, 0.5) is 0 Å². The zero-order valence-electron chi connectivity index (χ0n) is 8.11. The van der Waals surface area contributed by atoms with Crippen molar-refractivity contribution in [2.75, 3.05) is 6.61 Å². The van der Waals surface area contributed by atoms with Gasteiger partial charge in [0.05, 0.1) is 0 Å². The summed E-state index contributed by atoms with van der Waals surface area (Å²) in [6, 6.07) is 0. The Morgan fingerprint density at radius 1 is 1.08 bits per heavy atom. The highest BCUT2D eigenvalue weighted by Crippen LogP contribution is 2.02. The molecule has 0 fully saturated rings. The van der Waals surface area contributed by atoms with E-state index in [1.807, 2.05) is 6.92 Å². The molecule has 3 unspecified atom stereocenters. The van der Waals surface area contributed by atoms with Gasteiger partial charge in [0.25, 0.3) is 0 Å². The van der Waals surface area contributed by atoms with Gasteiger partial charge in [-0.3, -0.25) is 0 Å². The second-order valence-electron chi connectivity index (χ2n) is 2.46. The van der Waals surface area contributed by atoms with Crippen LogP contribution in [0.5, 0.6) is 0 Å². The zero-order chi connectivity index (χ0) is 9.56. The number of aliphatic hydroxyl groups excluding tert-OH is 1.